The molecular weight excluding hydrogens is 953 g/mol. The van der Waals surface area contributed by atoms with Crippen LogP contribution in [0.5, 0.6) is 11.5 Å². The van der Waals surface area contributed by atoms with Crippen molar-refractivity contribution < 1.29 is 67.8 Å². The van der Waals surface area contributed by atoms with Gasteiger partial charge in [-0.3, -0.25) is 19.2 Å². The number of fused-ring (bicyclic) bond motifs is 4. The van der Waals surface area contributed by atoms with Crippen LogP contribution in [0.25, 0.3) is 0 Å². The van der Waals surface area contributed by atoms with E-state index in [0.717, 1.165) is 52.2 Å². The fourth-order valence-corrected chi connectivity index (χ4v) is 9.73. The number of aliphatic carboxylic acids is 1. The molecule has 4 aromatic carbocycles. The van der Waals surface area contributed by atoms with E-state index >= 15 is 0 Å². The maximum absolute atomic E-state index is 13.6. The molecule has 2 unspecified atom stereocenters. The van der Waals surface area contributed by atoms with Crippen LogP contribution in [0.15, 0.2) is 98.1 Å². The summed E-state index contributed by atoms with van der Waals surface area (Å²) >= 11 is 0. The van der Waals surface area contributed by atoms with Crippen molar-refractivity contribution in [3.05, 3.63) is 143 Å². The number of ether oxygens (including phenoxy) is 5. The molecule has 4 atom stereocenters. The van der Waals surface area contributed by atoms with Gasteiger partial charge >= 0.3 is 24.1 Å². The number of carboxylic acid groups (broad SMARTS) is 1. The lowest BCUT2D eigenvalue weighted by Gasteiger charge is -2.38. The van der Waals surface area contributed by atoms with E-state index in [9.17, 15) is 39.0 Å². The van der Waals surface area contributed by atoms with Crippen molar-refractivity contribution in [3.8, 4) is 11.5 Å². The van der Waals surface area contributed by atoms with Crippen LogP contribution in [-0.4, -0.2) is 119 Å². The van der Waals surface area contributed by atoms with E-state index in [2.05, 4.69) is 13.2 Å². The normalized spacial score (nSPS) is 18.9. The monoisotopic (exact) mass is 1020 g/mol. The Bertz CT molecular complexity index is 2760. The Morgan fingerprint density at radius 2 is 1.05 bits per heavy atom. The number of carboxylic acids is 1. The second kappa shape index (κ2) is 24.8. The van der Waals surface area contributed by atoms with Gasteiger partial charge in [-0.1, -0.05) is 73.8 Å². The molecule has 18 heteroatoms. The van der Waals surface area contributed by atoms with Gasteiger partial charge in [-0.25, -0.2) is 19.4 Å². The lowest BCUT2D eigenvalue weighted by Crippen LogP contribution is -2.55. The smallest absolute Gasteiger partial charge is 0.416 e. The van der Waals surface area contributed by atoms with Crippen molar-refractivity contribution >= 4 is 47.3 Å². The third kappa shape index (κ3) is 12.5. The summed E-state index contributed by atoms with van der Waals surface area (Å²) in [5, 5.41) is 31.6. The van der Waals surface area contributed by atoms with Crippen molar-refractivity contribution in [1.29, 1.82) is 0 Å². The molecule has 3 N–H and O–H groups in total. The van der Waals surface area contributed by atoms with E-state index in [-0.39, 0.29) is 68.4 Å². The largest absolute Gasteiger partial charge is 0.489 e. The molecule has 0 bridgehead atoms. The van der Waals surface area contributed by atoms with Gasteiger partial charge in [0, 0.05) is 25.2 Å². The van der Waals surface area contributed by atoms with Crippen LogP contribution in [-0.2, 0) is 49.9 Å². The fraction of sp³-hybridized carbons (Fsp3) is 0.393. The molecule has 4 aromatic rings. The van der Waals surface area contributed by atoms with Crippen molar-refractivity contribution in [2.45, 2.75) is 110 Å². The molecule has 2 fully saturated rings. The molecule has 0 spiro atoms. The summed E-state index contributed by atoms with van der Waals surface area (Å²) in [6.45, 7) is 14.2. The predicted octanol–water partition coefficient (Wildman–Crippen LogP) is 7.79. The van der Waals surface area contributed by atoms with E-state index in [0.29, 0.717) is 71.9 Å². The Kier molecular flexibility index (Phi) is 18.1. The highest BCUT2D eigenvalue weighted by Gasteiger charge is 2.45. The first-order valence-corrected chi connectivity index (χ1v) is 24.8. The zero-order valence-electron chi connectivity index (χ0n) is 42.0. The number of benzene rings is 4. The van der Waals surface area contributed by atoms with E-state index in [1.165, 1.54) is 12.2 Å². The van der Waals surface area contributed by atoms with Crippen LogP contribution >= 0.6 is 0 Å². The predicted molar refractivity (Wildman–Crippen MR) is 273 cm³/mol. The molecule has 2 saturated heterocycles. The van der Waals surface area contributed by atoms with Crippen molar-refractivity contribution in [2.24, 2.45) is 0 Å². The molecule has 74 heavy (non-hydrogen) atoms. The topological polar surface area (TPSA) is 222 Å². The molecule has 4 aliphatic heterocycles. The zero-order chi connectivity index (χ0) is 53.1. The number of aliphatic hydroxyl groups excluding tert-OH is 2. The number of anilines is 2. The Labute approximate surface area is 430 Å². The third-order valence-electron chi connectivity index (χ3n) is 13.2. The number of aryl methyl sites for hydroxylation is 2. The first kappa shape index (κ1) is 54.1. The summed E-state index contributed by atoms with van der Waals surface area (Å²) in [4.78, 5) is 81.7. The number of piperidine rings is 2. The van der Waals surface area contributed by atoms with Crippen LogP contribution in [0, 0.1) is 13.8 Å². The minimum Gasteiger partial charge on any atom is -0.489 e. The van der Waals surface area contributed by atoms with Crippen molar-refractivity contribution in [2.75, 3.05) is 42.7 Å². The van der Waals surface area contributed by atoms with Gasteiger partial charge in [0.1, 0.15) is 37.9 Å². The number of hydrogen-bond acceptors (Lipinski definition) is 13. The standard InChI is InChI=1S/C29H34N2O7.C27H30N2O7/c1-4-13-37-29(35)31-24-17-25(38-18-21-10-8-9-20(15-21)16-26(32)36-5-2)19(3)14-22(24)27(33)30-12-7-6-11-23(30)28(31)34;1-3-11-35-27(34)29-22-15-23(36-16-19-8-6-7-18(13-19)14-24(30)31)17(2)12-20(22)25(32)28-10-5-4-9-21(28)26(29)33/h4,8-10,14-15,17,23,28,34H,1,5-7,11-13,16,18H2,2-3H3;3,6-8,12-13,15,21,26,33H,1,4-5,9-11,14,16H2,2H3,(H,30,31)/t23-,28?;21-,26?/m00/s1. The van der Waals surface area contributed by atoms with Gasteiger partial charge < -0.3 is 48.8 Å². The van der Waals surface area contributed by atoms with Gasteiger partial charge in [0.05, 0.1) is 54.0 Å². The van der Waals surface area contributed by atoms with E-state index in [1.54, 1.807) is 66.1 Å². The Morgan fingerprint density at radius 3 is 1.47 bits per heavy atom. The van der Waals surface area contributed by atoms with Crippen LogP contribution in [0.2, 0.25) is 0 Å². The van der Waals surface area contributed by atoms with Gasteiger partial charge in [-0.05, 0) is 105 Å². The molecular formula is C56H64N4O14. The Hall–Kier alpha value is -7.70. The summed E-state index contributed by atoms with van der Waals surface area (Å²) in [6.07, 6.45) is 3.36. The number of carbonyl (C=O) groups excluding carboxylic acids is 5. The molecule has 392 valence electrons. The molecule has 0 aliphatic carbocycles. The molecule has 0 radical (unpaired) electrons. The van der Waals surface area contributed by atoms with E-state index in [1.807, 2.05) is 37.3 Å². The second-order valence-corrected chi connectivity index (χ2v) is 18.5. The second-order valence-electron chi connectivity index (χ2n) is 18.5. The number of nitrogens with zero attached hydrogens (tertiary/aromatic N) is 4. The maximum Gasteiger partial charge on any atom is 0.416 e. The van der Waals surface area contributed by atoms with Crippen LogP contribution in [0.3, 0.4) is 0 Å². The molecule has 18 nitrogen and oxygen atoms in total. The fourth-order valence-electron chi connectivity index (χ4n) is 9.73. The van der Waals surface area contributed by atoms with Gasteiger partial charge in [-0.2, -0.15) is 0 Å². The molecule has 0 aromatic heterocycles. The minimum absolute atomic E-state index is 0.0307. The highest BCUT2D eigenvalue weighted by Crippen LogP contribution is 2.40. The number of carbonyl (C=O) groups is 6. The van der Waals surface area contributed by atoms with E-state index in [4.69, 9.17) is 28.8 Å². The van der Waals surface area contributed by atoms with Crippen molar-refractivity contribution in [1.82, 2.24) is 9.80 Å². The van der Waals surface area contributed by atoms with Gasteiger partial charge in [0.15, 0.2) is 12.5 Å². The summed E-state index contributed by atoms with van der Waals surface area (Å²) in [5.41, 5.74) is 5.55. The minimum atomic E-state index is -1.28. The third-order valence-corrected chi connectivity index (χ3v) is 13.2. The van der Waals surface area contributed by atoms with Crippen molar-refractivity contribution in [3.63, 3.8) is 0 Å². The summed E-state index contributed by atoms with van der Waals surface area (Å²) in [6, 6.07) is 20.0. The molecule has 4 heterocycles. The molecule has 8 rings (SSSR count). The summed E-state index contributed by atoms with van der Waals surface area (Å²) in [7, 11) is 0. The average molecular weight is 1020 g/mol. The maximum atomic E-state index is 13.6. The SMILES string of the molecule is C=CCOC(=O)N1c2cc(OCc3cccc(CC(=O)O)c3)c(C)cc2C(=O)N2CCCC[C@H]2C1O.C=CCOC(=O)N1c2cc(OCc3cccc(CC(=O)OCC)c3)c(C)cc2C(=O)N2CCCC[C@H]2C1O. The quantitative estimate of drug-likeness (QED) is 0.0588. The number of esters is 1. The Balaban J connectivity index is 0.000000217. The lowest BCUT2D eigenvalue weighted by atomic mass is 10.00. The Morgan fingerprint density at radius 1 is 0.622 bits per heavy atom. The molecule has 4 aliphatic rings. The number of aliphatic hydroxyl groups is 2. The zero-order valence-corrected chi connectivity index (χ0v) is 42.0. The van der Waals surface area contributed by atoms with Gasteiger partial charge in [0.2, 0.25) is 0 Å². The highest BCUT2D eigenvalue weighted by atomic mass is 16.6. The highest BCUT2D eigenvalue weighted by molar-refractivity contribution is 6.06. The van der Waals surface area contributed by atoms with Gasteiger partial charge in [-0.15, -0.1) is 0 Å². The van der Waals surface area contributed by atoms with Crippen LogP contribution in [0.1, 0.15) is 99.5 Å². The first-order valence-electron chi connectivity index (χ1n) is 24.8. The molecule has 0 saturated carbocycles. The number of hydrogen-bond donors (Lipinski definition) is 3. The first-order chi connectivity index (χ1) is 35.6. The average Bonchev–Trinajstić information content (AvgIpc) is 3.53. The molecule has 4 amide bonds. The number of rotatable bonds is 15. The summed E-state index contributed by atoms with van der Waals surface area (Å²) in [5.74, 6) is -0.805. The number of amides is 4. The van der Waals surface area contributed by atoms with Gasteiger partial charge in [0.25, 0.3) is 11.8 Å². The van der Waals surface area contributed by atoms with Crippen LogP contribution < -0.4 is 19.3 Å². The summed E-state index contributed by atoms with van der Waals surface area (Å²) < 4.78 is 27.7. The van der Waals surface area contributed by atoms with E-state index < -0.39 is 42.7 Å². The van der Waals surface area contributed by atoms with Crippen LogP contribution in [0.4, 0.5) is 21.0 Å². The lowest BCUT2D eigenvalue weighted by molar-refractivity contribution is -0.142.